The van der Waals surface area contributed by atoms with Crippen LogP contribution in [0, 0.1) is 0 Å². The Morgan fingerprint density at radius 3 is 2.73 bits per heavy atom. The van der Waals surface area contributed by atoms with Gasteiger partial charge >= 0.3 is 0 Å². The molecule has 0 aliphatic heterocycles. The van der Waals surface area contributed by atoms with Gasteiger partial charge in [-0.15, -0.1) is 0 Å². The summed E-state index contributed by atoms with van der Waals surface area (Å²) in [7, 11) is 1.75. The molecule has 0 aromatic rings. The van der Waals surface area contributed by atoms with E-state index >= 15 is 0 Å². The van der Waals surface area contributed by atoms with E-state index in [9.17, 15) is 0 Å². The van der Waals surface area contributed by atoms with Gasteiger partial charge in [0, 0.05) is 19.7 Å². The van der Waals surface area contributed by atoms with Gasteiger partial charge in [-0.2, -0.15) is 0 Å². The van der Waals surface area contributed by atoms with Crippen molar-refractivity contribution in [2.75, 3.05) is 13.7 Å². The van der Waals surface area contributed by atoms with Crippen LogP contribution in [0.3, 0.4) is 0 Å². The van der Waals surface area contributed by atoms with Crippen LogP contribution in [0.15, 0.2) is 12.2 Å². The zero-order valence-corrected chi connectivity index (χ0v) is 7.34. The van der Waals surface area contributed by atoms with Crippen LogP contribution in [-0.2, 0) is 4.74 Å². The highest BCUT2D eigenvalue weighted by Crippen LogP contribution is 2.08. The van der Waals surface area contributed by atoms with Crippen LogP contribution in [0.2, 0.25) is 0 Å². The predicted molar refractivity (Wildman–Crippen MR) is 46.6 cm³/mol. The molecule has 64 valence electrons. The van der Waals surface area contributed by atoms with Gasteiger partial charge < -0.3 is 10.1 Å². The molecule has 0 aromatic carbocycles. The fraction of sp³-hybridized carbons (Fsp3) is 0.778. The minimum absolute atomic E-state index is 0.329. The molecule has 0 radical (unpaired) electrons. The molecule has 1 atom stereocenters. The minimum atomic E-state index is 0.329. The fourth-order valence-corrected chi connectivity index (χ4v) is 1.20. The lowest BCUT2D eigenvalue weighted by Gasteiger charge is -2.15. The molecule has 0 saturated carbocycles. The summed E-state index contributed by atoms with van der Waals surface area (Å²) < 4.78 is 5.13. The molecule has 1 N–H and O–H groups in total. The monoisotopic (exact) mass is 155 g/mol. The molecule has 0 bridgehead atoms. The Hall–Kier alpha value is -0.340. The van der Waals surface area contributed by atoms with Crippen LogP contribution in [0.1, 0.15) is 19.8 Å². The molecule has 2 heteroatoms. The van der Waals surface area contributed by atoms with Crippen LogP contribution < -0.4 is 5.32 Å². The SMILES string of the molecule is COC(C)CNC1CC=CC1. The van der Waals surface area contributed by atoms with Gasteiger partial charge in [0.1, 0.15) is 0 Å². The summed E-state index contributed by atoms with van der Waals surface area (Å²) in [6.07, 6.45) is 7.15. The maximum atomic E-state index is 5.13. The summed E-state index contributed by atoms with van der Waals surface area (Å²) in [5.41, 5.74) is 0. The van der Waals surface area contributed by atoms with E-state index in [-0.39, 0.29) is 0 Å². The first-order valence-electron chi connectivity index (χ1n) is 4.24. The Morgan fingerprint density at radius 2 is 2.18 bits per heavy atom. The standard InChI is InChI=1S/C9H17NO/c1-8(11-2)7-10-9-5-3-4-6-9/h3-4,8-10H,5-7H2,1-2H3. The van der Waals surface area contributed by atoms with E-state index in [1.165, 1.54) is 12.8 Å². The molecule has 2 nitrogen and oxygen atoms in total. The number of rotatable bonds is 4. The quantitative estimate of drug-likeness (QED) is 0.618. The number of methoxy groups -OCH3 is 1. The second-order valence-electron chi connectivity index (χ2n) is 3.09. The fourth-order valence-electron chi connectivity index (χ4n) is 1.20. The highest BCUT2D eigenvalue weighted by atomic mass is 16.5. The summed E-state index contributed by atoms with van der Waals surface area (Å²) in [5, 5.41) is 3.44. The third-order valence-electron chi connectivity index (χ3n) is 2.10. The summed E-state index contributed by atoms with van der Waals surface area (Å²) in [6.45, 7) is 3.04. The van der Waals surface area contributed by atoms with E-state index < -0.39 is 0 Å². The molecule has 0 saturated heterocycles. The van der Waals surface area contributed by atoms with Crippen molar-refractivity contribution in [3.63, 3.8) is 0 Å². The number of nitrogens with one attached hydrogen (secondary N) is 1. The minimum Gasteiger partial charge on any atom is -0.380 e. The lowest BCUT2D eigenvalue weighted by Crippen LogP contribution is -2.33. The summed E-state index contributed by atoms with van der Waals surface area (Å²) in [5.74, 6) is 0. The van der Waals surface area contributed by atoms with E-state index in [0.29, 0.717) is 12.1 Å². The first-order valence-corrected chi connectivity index (χ1v) is 4.24. The predicted octanol–water partition coefficient (Wildman–Crippen LogP) is 1.33. The third kappa shape index (κ3) is 3.04. The highest BCUT2D eigenvalue weighted by molar-refractivity contribution is 4.97. The van der Waals surface area contributed by atoms with E-state index in [0.717, 1.165) is 6.54 Å². The van der Waals surface area contributed by atoms with Crippen LogP contribution in [0.25, 0.3) is 0 Å². The van der Waals surface area contributed by atoms with Gasteiger partial charge in [0.25, 0.3) is 0 Å². The number of hydrogen-bond donors (Lipinski definition) is 1. The summed E-state index contributed by atoms with van der Waals surface area (Å²) >= 11 is 0. The molecular weight excluding hydrogens is 138 g/mol. The largest absolute Gasteiger partial charge is 0.380 e. The number of ether oxygens (including phenoxy) is 1. The molecule has 1 rings (SSSR count). The average molecular weight is 155 g/mol. The summed E-state index contributed by atoms with van der Waals surface area (Å²) in [6, 6.07) is 0.660. The third-order valence-corrected chi connectivity index (χ3v) is 2.10. The van der Waals surface area contributed by atoms with Gasteiger partial charge in [-0.3, -0.25) is 0 Å². The van der Waals surface area contributed by atoms with Crippen molar-refractivity contribution in [2.24, 2.45) is 0 Å². The molecule has 0 heterocycles. The van der Waals surface area contributed by atoms with Crippen LogP contribution >= 0.6 is 0 Å². The Kier molecular flexibility index (Phi) is 3.60. The average Bonchev–Trinajstić information content (AvgIpc) is 2.52. The van der Waals surface area contributed by atoms with E-state index in [1.807, 2.05) is 0 Å². The molecule has 1 aliphatic carbocycles. The first-order chi connectivity index (χ1) is 5.33. The lowest BCUT2D eigenvalue weighted by molar-refractivity contribution is 0.114. The van der Waals surface area contributed by atoms with Crippen molar-refractivity contribution in [1.29, 1.82) is 0 Å². The Morgan fingerprint density at radius 1 is 1.55 bits per heavy atom. The van der Waals surface area contributed by atoms with E-state index in [2.05, 4.69) is 24.4 Å². The molecule has 1 aliphatic rings. The topological polar surface area (TPSA) is 21.3 Å². The zero-order valence-electron chi connectivity index (χ0n) is 7.34. The Balaban J connectivity index is 2.03. The van der Waals surface area contributed by atoms with Gasteiger partial charge in [0.15, 0.2) is 0 Å². The van der Waals surface area contributed by atoms with Crippen molar-refractivity contribution in [3.8, 4) is 0 Å². The van der Waals surface area contributed by atoms with E-state index in [1.54, 1.807) is 7.11 Å². The Labute approximate surface area is 68.6 Å². The smallest absolute Gasteiger partial charge is 0.0667 e. The second-order valence-corrected chi connectivity index (χ2v) is 3.09. The summed E-state index contributed by atoms with van der Waals surface area (Å²) in [4.78, 5) is 0. The van der Waals surface area contributed by atoms with Crippen molar-refractivity contribution in [2.45, 2.75) is 31.9 Å². The van der Waals surface area contributed by atoms with Crippen molar-refractivity contribution in [3.05, 3.63) is 12.2 Å². The van der Waals surface area contributed by atoms with Crippen molar-refractivity contribution >= 4 is 0 Å². The second kappa shape index (κ2) is 4.52. The normalized spacial score (nSPS) is 20.9. The van der Waals surface area contributed by atoms with Crippen molar-refractivity contribution in [1.82, 2.24) is 5.32 Å². The van der Waals surface area contributed by atoms with Crippen LogP contribution in [-0.4, -0.2) is 25.8 Å². The maximum Gasteiger partial charge on any atom is 0.0667 e. The van der Waals surface area contributed by atoms with Gasteiger partial charge in [-0.1, -0.05) is 12.2 Å². The highest BCUT2D eigenvalue weighted by Gasteiger charge is 2.09. The van der Waals surface area contributed by atoms with Gasteiger partial charge in [0.05, 0.1) is 6.10 Å². The molecule has 0 fully saturated rings. The first kappa shape index (κ1) is 8.75. The molecule has 1 unspecified atom stereocenters. The molecule has 0 spiro atoms. The lowest BCUT2D eigenvalue weighted by atomic mass is 10.2. The van der Waals surface area contributed by atoms with Gasteiger partial charge in [-0.25, -0.2) is 0 Å². The van der Waals surface area contributed by atoms with Crippen LogP contribution in [0.5, 0.6) is 0 Å². The number of hydrogen-bond acceptors (Lipinski definition) is 2. The molecular formula is C9H17NO. The molecule has 0 aromatic heterocycles. The van der Waals surface area contributed by atoms with Crippen molar-refractivity contribution < 1.29 is 4.74 Å². The van der Waals surface area contributed by atoms with Crippen LogP contribution in [0.4, 0.5) is 0 Å². The Bertz CT molecular complexity index is 126. The zero-order chi connectivity index (χ0) is 8.10. The molecule has 11 heavy (non-hydrogen) atoms. The van der Waals surface area contributed by atoms with E-state index in [4.69, 9.17) is 4.74 Å². The van der Waals surface area contributed by atoms with Gasteiger partial charge in [0.2, 0.25) is 0 Å². The van der Waals surface area contributed by atoms with Gasteiger partial charge in [-0.05, 0) is 19.8 Å². The maximum absolute atomic E-state index is 5.13. The molecule has 0 amide bonds.